The highest BCUT2D eigenvalue weighted by molar-refractivity contribution is 6.55. The van der Waals surface area contributed by atoms with Crippen LogP contribution in [0.25, 0.3) is 0 Å². The minimum Gasteiger partial charge on any atom is -0.454 e. The fraction of sp³-hybridized carbons (Fsp3) is 0.333. The van der Waals surface area contributed by atoms with Crippen LogP contribution in [0, 0.1) is 19.8 Å². The normalized spacial score (nSPS) is 13.8. The Balaban J connectivity index is 1.83. The van der Waals surface area contributed by atoms with Crippen LogP contribution in [-0.4, -0.2) is 41.2 Å². The van der Waals surface area contributed by atoms with Crippen LogP contribution in [0.5, 0.6) is 0 Å². The van der Waals surface area contributed by atoms with Gasteiger partial charge in [0.15, 0.2) is 6.61 Å². The van der Waals surface area contributed by atoms with Gasteiger partial charge < -0.3 is 10.1 Å². The van der Waals surface area contributed by atoms with Crippen LogP contribution in [0.1, 0.15) is 52.1 Å². The van der Waals surface area contributed by atoms with Gasteiger partial charge >= 0.3 is 5.97 Å². The molecule has 3 rings (SSSR count). The molecule has 7 nitrogen and oxygen atoms in total. The van der Waals surface area contributed by atoms with Crippen LogP contribution in [0.15, 0.2) is 18.2 Å². The summed E-state index contributed by atoms with van der Waals surface area (Å²) in [5, 5.41) is 1.87. The average molecular weight is 560 g/mol. The number of ether oxygens (including phenoxy) is 1. The van der Waals surface area contributed by atoms with Gasteiger partial charge in [0.25, 0.3) is 17.7 Å². The molecule has 1 aliphatic heterocycles. The number of anilines is 1. The molecule has 1 heterocycles. The summed E-state index contributed by atoms with van der Waals surface area (Å²) in [6, 6.07) is 4.23. The summed E-state index contributed by atoms with van der Waals surface area (Å²) in [7, 11) is 0. The van der Waals surface area contributed by atoms with Gasteiger partial charge in [-0.3, -0.25) is 19.3 Å². The Morgan fingerprint density at radius 1 is 0.943 bits per heavy atom. The van der Waals surface area contributed by atoms with Crippen LogP contribution >= 0.6 is 46.4 Å². The standard InChI is InChI=1S/C24H22Cl4N2O5/c1-10(2)7-14(24(34)35-9-15(31)29-13-8-11(3)5-6-12(13)4)30-22(32)16-17(23(30)33)19(26)21(28)20(27)18(16)25/h5-6,8,10,14H,7,9H2,1-4H3,(H,29,31). The highest BCUT2D eigenvalue weighted by Gasteiger charge is 2.47. The molecule has 3 amide bonds. The minimum absolute atomic E-state index is 0.0829. The number of amides is 3. The molecular weight excluding hydrogens is 538 g/mol. The van der Waals surface area contributed by atoms with E-state index in [0.717, 1.165) is 16.0 Å². The molecular formula is C24H22Cl4N2O5. The third-order valence-corrected chi connectivity index (χ3v) is 7.23. The first-order valence-electron chi connectivity index (χ1n) is 10.6. The second-order valence-corrected chi connectivity index (χ2v) is 10.1. The number of aryl methyl sites for hydroxylation is 2. The van der Waals surface area contributed by atoms with Crippen molar-refractivity contribution in [2.24, 2.45) is 5.92 Å². The molecule has 1 atom stereocenters. The van der Waals surface area contributed by atoms with Gasteiger partial charge in [-0.1, -0.05) is 72.4 Å². The number of rotatable bonds is 7. The van der Waals surface area contributed by atoms with E-state index in [1.54, 1.807) is 19.9 Å². The maximum Gasteiger partial charge on any atom is 0.329 e. The van der Waals surface area contributed by atoms with E-state index in [1.807, 2.05) is 26.0 Å². The highest BCUT2D eigenvalue weighted by atomic mass is 35.5. The molecule has 2 aromatic carbocycles. The second-order valence-electron chi connectivity index (χ2n) is 8.61. The molecule has 0 spiro atoms. The van der Waals surface area contributed by atoms with E-state index < -0.39 is 36.3 Å². The van der Waals surface area contributed by atoms with E-state index >= 15 is 0 Å². The van der Waals surface area contributed by atoms with Crippen molar-refractivity contribution in [2.45, 2.75) is 40.2 Å². The number of fused-ring (bicyclic) bond motifs is 1. The lowest BCUT2D eigenvalue weighted by atomic mass is 10.0. The third kappa shape index (κ3) is 5.43. The summed E-state index contributed by atoms with van der Waals surface area (Å²) < 4.78 is 5.21. The molecule has 0 bridgehead atoms. The number of hydrogen-bond donors (Lipinski definition) is 1. The van der Waals surface area contributed by atoms with Crippen LogP contribution in [0.3, 0.4) is 0 Å². The molecule has 0 aromatic heterocycles. The van der Waals surface area contributed by atoms with Crippen molar-refractivity contribution in [2.75, 3.05) is 11.9 Å². The molecule has 11 heteroatoms. The smallest absolute Gasteiger partial charge is 0.329 e. The Labute approximate surface area is 222 Å². The number of halogens is 4. The van der Waals surface area contributed by atoms with Gasteiger partial charge in [0, 0.05) is 5.69 Å². The SMILES string of the molecule is Cc1ccc(C)c(NC(=O)COC(=O)C(CC(C)C)N2C(=O)c3c(Cl)c(Cl)c(Cl)c(Cl)c3C2=O)c1. The molecule has 0 saturated carbocycles. The predicted molar refractivity (Wildman–Crippen MR) is 136 cm³/mol. The van der Waals surface area contributed by atoms with Gasteiger partial charge in [-0.05, 0) is 43.4 Å². The predicted octanol–water partition coefficient (Wildman–Crippen LogP) is 6.11. The number of nitrogens with one attached hydrogen (secondary N) is 1. The Hall–Kier alpha value is -2.32. The number of carbonyl (C=O) groups is 4. The van der Waals surface area contributed by atoms with Crippen molar-refractivity contribution in [1.82, 2.24) is 4.90 Å². The van der Waals surface area contributed by atoms with Crippen LogP contribution < -0.4 is 5.32 Å². The van der Waals surface area contributed by atoms with Crippen LogP contribution in [0.2, 0.25) is 20.1 Å². The maximum atomic E-state index is 13.2. The average Bonchev–Trinajstić information content (AvgIpc) is 3.05. The van der Waals surface area contributed by atoms with Gasteiger partial charge in [0.2, 0.25) is 0 Å². The molecule has 0 aliphatic carbocycles. The number of carbonyl (C=O) groups excluding carboxylic acids is 4. The van der Waals surface area contributed by atoms with Crippen LogP contribution in [-0.2, 0) is 14.3 Å². The van der Waals surface area contributed by atoms with E-state index in [9.17, 15) is 19.2 Å². The number of hydrogen-bond acceptors (Lipinski definition) is 5. The van der Waals surface area contributed by atoms with Crippen molar-refractivity contribution in [1.29, 1.82) is 0 Å². The van der Waals surface area contributed by atoms with Gasteiger partial charge in [-0.2, -0.15) is 0 Å². The quantitative estimate of drug-likeness (QED) is 0.191. The molecule has 1 unspecified atom stereocenters. The summed E-state index contributed by atoms with van der Waals surface area (Å²) in [6.07, 6.45) is 0.0829. The van der Waals surface area contributed by atoms with Crippen LogP contribution in [0.4, 0.5) is 5.69 Å². The minimum atomic E-state index is -1.32. The fourth-order valence-electron chi connectivity index (χ4n) is 3.69. The molecule has 0 radical (unpaired) electrons. The fourth-order valence-corrected chi connectivity index (χ4v) is 4.71. The van der Waals surface area contributed by atoms with Crippen molar-refractivity contribution >= 4 is 75.8 Å². The van der Waals surface area contributed by atoms with Crippen molar-refractivity contribution in [3.8, 4) is 0 Å². The summed E-state index contributed by atoms with van der Waals surface area (Å²) in [6.45, 7) is 6.71. The van der Waals surface area contributed by atoms with E-state index in [-0.39, 0.29) is 43.6 Å². The van der Waals surface area contributed by atoms with Crippen molar-refractivity contribution in [3.63, 3.8) is 0 Å². The zero-order valence-electron chi connectivity index (χ0n) is 19.3. The lowest BCUT2D eigenvalue weighted by Crippen LogP contribution is -2.47. The molecule has 0 fully saturated rings. The first kappa shape index (κ1) is 27.3. The Morgan fingerprint density at radius 2 is 1.49 bits per heavy atom. The Kier molecular flexibility index (Phi) is 8.37. The first-order chi connectivity index (χ1) is 16.3. The molecule has 186 valence electrons. The molecule has 1 N–H and O–H groups in total. The lowest BCUT2D eigenvalue weighted by Gasteiger charge is -2.26. The van der Waals surface area contributed by atoms with E-state index in [1.165, 1.54) is 0 Å². The lowest BCUT2D eigenvalue weighted by molar-refractivity contribution is -0.151. The number of benzene rings is 2. The van der Waals surface area contributed by atoms with Gasteiger partial charge in [0.05, 0.1) is 31.2 Å². The number of esters is 1. The third-order valence-electron chi connectivity index (χ3n) is 5.42. The van der Waals surface area contributed by atoms with Gasteiger partial charge in [-0.15, -0.1) is 0 Å². The van der Waals surface area contributed by atoms with Crippen molar-refractivity contribution in [3.05, 3.63) is 60.5 Å². The summed E-state index contributed by atoms with van der Waals surface area (Å²) in [5.74, 6) is -3.30. The highest BCUT2D eigenvalue weighted by Crippen LogP contribution is 2.45. The monoisotopic (exact) mass is 558 g/mol. The molecule has 35 heavy (non-hydrogen) atoms. The molecule has 1 aliphatic rings. The first-order valence-corrected chi connectivity index (χ1v) is 12.1. The Bertz CT molecular complexity index is 1200. The molecule has 0 saturated heterocycles. The van der Waals surface area contributed by atoms with Gasteiger partial charge in [-0.25, -0.2) is 4.79 Å². The molecule has 2 aromatic rings. The van der Waals surface area contributed by atoms with E-state index in [0.29, 0.717) is 5.69 Å². The van der Waals surface area contributed by atoms with E-state index in [4.69, 9.17) is 51.1 Å². The van der Waals surface area contributed by atoms with E-state index in [2.05, 4.69) is 5.32 Å². The largest absolute Gasteiger partial charge is 0.454 e. The number of nitrogens with zero attached hydrogens (tertiary/aromatic N) is 1. The summed E-state index contributed by atoms with van der Waals surface area (Å²) in [5.41, 5.74) is 1.91. The number of imide groups is 1. The van der Waals surface area contributed by atoms with Gasteiger partial charge in [0.1, 0.15) is 6.04 Å². The maximum absolute atomic E-state index is 13.2. The van der Waals surface area contributed by atoms with Crippen molar-refractivity contribution < 1.29 is 23.9 Å². The summed E-state index contributed by atoms with van der Waals surface area (Å²) >= 11 is 24.5. The topological polar surface area (TPSA) is 92.8 Å². The summed E-state index contributed by atoms with van der Waals surface area (Å²) in [4.78, 5) is 52.6. The Morgan fingerprint density at radius 3 is 2.00 bits per heavy atom. The second kappa shape index (κ2) is 10.7. The zero-order valence-corrected chi connectivity index (χ0v) is 22.3. The zero-order chi connectivity index (χ0) is 26.2.